The van der Waals surface area contributed by atoms with Gasteiger partial charge in [0.2, 0.25) is 0 Å². The van der Waals surface area contributed by atoms with E-state index in [1.165, 1.54) is 23.5 Å². The summed E-state index contributed by atoms with van der Waals surface area (Å²) < 4.78 is 1.55. The third-order valence-corrected chi connectivity index (χ3v) is 5.38. The molecule has 100 valence electrons. The summed E-state index contributed by atoms with van der Waals surface area (Å²) in [5.41, 5.74) is -0.00534. The molecule has 2 heterocycles. The molecule has 2 N–H and O–H groups in total. The van der Waals surface area contributed by atoms with Crippen molar-refractivity contribution < 1.29 is 9.90 Å². The molecule has 0 aliphatic carbocycles. The summed E-state index contributed by atoms with van der Waals surface area (Å²) in [6.07, 6.45) is 1.45. The van der Waals surface area contributed by atoms with Crippen molar-refractivity contribution in [1.29, 1.82) is 0 Å². The van der Waals surface area contributed by atoms with Crippen LogP contribution in [0.2, 0.25) is 0 Å². The van der Waals surface area contributed by atoms with Gasteiger partial charge < -0.3 is 10.4 Å². The lowest BCUT2D eigenvalue weighted by Gasteiger charge is -2.21. The minimum Gasteiger partial charge on any atom is -0.476 e. The lowest BCUT2D eigenvalue weighted by atomic mass is 10.4. The molecule has 8 heteroatoms. The molecule has 1 aliphatic heterocycles. The number of aromatic nitrogens is 3. The maximum absolute atomic E-state index is 10.6. The van der Waals surface area contributed by atoms with Gasteiger partial charge in [-0.25, -0.2) is 4.79 Å². The minimum absolute atomic E-state index is 0.00534. The first kappa shape index (κ1) is 13.7. The van der Waals surface area contributed by atoms with Crippen molar-refractivity contribution in [3.8, 4) is 0 Å². The summed E-state index contributed by atoms with van der Waals surface area (Å²) in [6.45, 7) is 2.42. The highest BCUT2D eigenvalue weighted by atomic mass is 32.2. The highest BCUT2D eigenvalue weighted by molar-refractivity contribution is 8.06. The third kappa shape index (κ3) is 4.18. The number of hydrogen-bond acceptors (Lipinski definition) is 6. The van der Waals surface area contributed by atoms with Crippen molar-refractivity contribution in [3.63, 3.8) is 0 Å². The zero-order valence-corrected chi connectivity index (χ0v) is 11.5. The zero-order chi connectivity index (χ0) is 12.8. The first-order valence-corrected chi connectivity index (χ1v) is 7.99. The Bertz CT molecular complexity index is 393. The molecule has 1 fully saturated rings. The smallest absolute Gasteiger partial charge is 0.358 e. The van der Waals surface area contributed by atoms with Crippen LogP contribution in [0.1, 0.15) is 10.5 Å². The van der Waals surface area contributed by atoms with Gasteiger partial charge in [0.1, 0.15) is 0 Å². The summed E-state index contributed by atoms with van der Waals surface area (Å²) in [5.74, 6) is 2.68. The second-order valence-electron chi connectivity index (χ2n) is 3.94. The Morgan fingerprint density at radius 2 is 2.50 bits per heavy atom. The quantitative estimate of drug-likeness (QED) is 0.734. The van der Waals surface area contributed by atoms with Crippen LogP contribution in [0.4, 0.5) is 0 Å². The molecule has 2 rings (SSSR count). The maximum atomic E-state index is 10.6. The summed E-state index contributed by atoms with van der Waals surface area (Å²) in [5, 5.41) is 20.1. The van der Waals surface area contributed by atoms with Crippen LogP contribution in [0, 0.1) is 0 Å². The first-order valence-electron chi connectivity index (χ1n) is 5.79. The van der Waals surface area contributed by atoms with Gasteiger partial charge in [-0.3, -0.25) is 4.68 Å². The average Bonchev–Trinajstić information content (AvgIpc) is 2.85. The molecule has 1 saturated heterocycles. The Hall–Kier alpha value is -0.730. The average molecular weight is 288 g/mol. The Kier molecular flexibility index (Phi) is 5.33. The standard InChI is InChI=1S/C10H16N4O2S2/c15-10(16)9-6-14(13-12-9)2-1-11-5-8-7-17-3-4-18-8/h6,8,11H,1-5,7H2,(H,15,16). The van der Waals surface area contributed by atoms with Crippen molar-refractivity contribution >= 4 is 29.5 Å². The molecule has 0 saturated carbocycles. The van der Waals surface area contributed by atoms with Gasteiger partial charge in [-0.05, 0) is 0 Å². The molecular weight excluding hydrogens is 272 g/mol. The Balaban J connectivity index is 1.63. The number of hydrogen-bond donors (Lipinski definition) is 2. The number of carbonyl (C=O) groups is 1. The summed E-state index contributed by atoms with van der Waals surface area (Å²) in [7, 11) is 0. The van der Waals surface area contributed by atoms with Crippen LogP contribution < -0.4 is 5.32 Å². The Morgan fingerprint density at radius 1 is 1.61 bits per heavy atom. The van der Waals surface area contributed by atoms with Gasteiger partial charge in [0.05, 0.1) is 12.7 Å². The number of nitrogens with zero attached hydrogens (tertiary/aromatic N) is 3. The Labute approximate surface area is 114 Å². The molecule has 18 heavy (non-hydrogen) atoms. The number of nitrogens with one attached hydrogen (secondary N) is 1. The lowest BCUT2D eigenvalue weighted by Crippen LogP contribution is -2.31. The van der Waals surface area contributed by atoms with E-state index in [-0.39, 0.29) is 5.69 Å². The van der Waals surface area contributed by atoms with Gasteiger partial charge in [-0.1, -0.05) is 5.21 Å². The first-order chi connectivity index (χ1) is 8.75. The Morgan fingerprint density at radius 3 is 3.17 bits per heavy atom. The second-order valence-corrected chi connectivity index (χ2v) is 6.50. The van der Waals surface area contributed by atoms with E-state index in [0.717, 1.165) is 13.1 Å². The highest BCUT2D eigenvalue weighted by Gasteiger charge is 2.13. The molecule has 6 nitrogen and oxygen atoms in total. The van der Waals surface area contributed by atoms with Crippen LogP contribution in [-0.2, 0) is 6.54 Å². The van der Waals surface area contributed by atoms with E-state index in [1.54, 1.807) is 4.68 Å². The zero-order valence-electron chi connectivity index (χ0n) is 9.91. The van der Waals surface area contributed by atoms with Crippen molar-refractivity contribution in [2.45, 2.75) is 11.8 Å². The van der Waals surface area contributed by atoms with E-state index in [4.69, 9.17) is 5.11 Å². The maximum Gasteiger partial charge on any atom is 0.358 e. The molecule has 1 aliphatic rings. The molecule has 1 atom stereocenters. The molecule has 1 unspecified atom stereocenters. The predicted octanol–water partition coefficient (Wildman–Crippen LogP) is 0.414. The monoisotopic (exact) mass is 288 g/mol. The largest absolute Gasteiger partial charge is 0.476 e. The third-order valence-electron chi connectivity index (χ3n) is 2.53. The fourth-order valence-corrected chi connectivity index (χ4v) is 4.26. The van der Waals surface area contributed by atoms with Crippen LogP contribution in [0.25, 0.3) is 0 Å². The second kappa shape index (κ2) is 7.01. The summed E-state index contributed by atoms with van der Waals surface area (Å²) in [6, 6.07) is 0. The van der Waals surface area contributed by atoms with Gasteiger partial charge in [-0.15, -0.1) is 5.10 Å². The normalized spacial score (nSPS) is 19.9. The summed E-state index contributed by atoms with van der Waals surface area (Å²) in [4.78, 5) is 10.6. The van der Waals surface area contributed by atoms with E-state index in [1.807, 2.05) is 23.5 Å². The molecule has 0 spiro atoms. The van der Waals surface area contributed by atoms with Crippen LogP contribution in [0.3, 0.4) is 0 Å². The van der Waals surface area contributed by atoms with Gasteiger partial charge in [0, 0.05) is 35.6 Å². The number of carboxylic acids is 1. The van der Waals surface area contributed by atoms with E-state index < -0.39 is 5.97 Å². The number of thioether (sulfide) groups is 2. The van der Waals surface area contributed by atoms with Crippen molar-refractivity contribution in [2.75, 3.05) is 30.3 Å². The van der Waals surface area contributed by atoms with Crippen molar-refractivity contribution in [1.82, 2.24) is 20.3 Å². The topological polar surface area (TPSA) is 80.0 Å². The molecule has 1 aromatic rings. The molecule has 0 amide bonds. The number of aromatic carboxylic acids is 1. The minimum atomic E-state index is -1.04. The van der Waals surface area contributed by atoms with Crippen LogP contribution in [0.5, 0.6) is 0 Å². The van der Waals surface area contributed by atoms with E-state index in [0.29, 0.717) is 11.8 Å². The van der Waals surface area contributed by atoms with Gasteiger partial charge in [-0.2, -0.15) is 23.5 Å². The number of rotatable bonds is 6. The van der Waals surface area contributed by atoms with Crippen LogP contribution in [0.15, 0.2) is 6.20 Å². The molecule has 0 radical (unpaired) electrons. The fraction of sp³-hybridized carbons (Fsp3) is 0.700. The van der Waals surface area contributed by atoms with Gasteiger partial charge in [0.25, 0.3) is 0 Å². The van der Waals surface area contributed by atoms with Crippen LogP contribution >= 0.6 is 23.5 Å². The fourth-order valence-electron chi connectivity index (χ4n) is 1.62. The van der Waals surface area contributed by atoms with Crippen LogP contribution in [-0.4, -0.2) is 61.7 Å². The number of carboxylic acid groups (broad SMARTS) is 1. The highest BCUT2D eigenvalue weighted by Crippen LogP contribution is 2.23. The molecule has 0 aromatic carbocycles. The summed E-state index contributed by atoms with van der Waals surface area (Å²) >= 11 is 4.03. The van der Waals surface area contributed by atoms with E-state index in [9.17, 15) is 4.79 Å². The SMILES string of the molecule is O=C(O)c1cn(CCNCC2CSCCS2)nn1. The molecule has 1 aromatic heterocycles. The van der Waals surface area contributed by atoms with Crippen molar-refractivity contribution in [2.24, 2.45) is 0 Å². The molecular formula is C10H16N4O2S2. The van der Waals surface area contributed by atoms with Gasteiger partial charge >= 0.3 is 5.97 Å². The predicted molar refractivity (Wildman–Crippen MR) is 73.4 cm³/mol. The lowest BCUT2D eigenvalue weighted by molar-refractivity contribution is 0.0690. The van der Waals surface area contributed by atoms with E-state index >= 15 is 0 Å². The van der Waals surface area contributed by atoms with Gasteiger partial charge in [0.15, 0.2) is 5.69 Å². The van der Waals surface area contributed by atoms with Crippen molar-refractivity contribution in [3.05, 3.63) is 11.9 Å². The van der Waals surface area contributed by atoms with E-state index in [2.05, 4.69) is 15.6 Å². The molecule has 0 bridgehead atoms.